The van der Waals surface area contributed by atoms with Crippen LogP contribution in [0, 0.1) is 13.8 Å². The van der Waals surface area contributed by atoms with E-state index in [-0.39, 0.29) is 24.5 Å². The predicted octanol–water partition coefficient (Wildman–Crippen LogP) is 6.47. The average Bonchev–Trinajstić information content (AvgIpc) is 3.32. The number of ether oxygens (including phenoxy) is 1. The molecule has 190 valence electrons. The lowest BCUT2D eigenvalue weighted by Gasteiger charge is -2.37. The molecule has 0 saturated carbocycles. The zero-order valence-corrected chi connectivity index (χ0v) is 22.5. The standard InChI is InChI=1S/C28H32ClN3O3S/c1-4-12-31(28(34)30-22-7-5-6-21(29)16-22)17-27(33)32-13-10-26-23(11-14-36-26)24(32)18-35-25-9-8-19(2)15-20(25)3/h5-9,11,14-16,24H,4,10,12-13,17-18H2,1-3H3,(H,30,34). The lowest BCUT2D eigenvalue weighted by atomic mass is 10.00. The molecule has 2 heterocycles. The minimum Gasteiger partial charge on any atom is -0.491 e. The van der Waals surface area contributed by atoms with Crippen LogP contribution in [0.5, 0.6) is 5.75 Å². The van der Waals surface area contributed by atoms with Gasteiger partial charge in [-0.3, -0.25) is 4.79 Å². The fraction of sp³-hybridized carbons (Fsp3) is 0.357. The number of amides is 3. The summed E-state index contributed by atoms with van der Waals surface area (Å²) in [7, 11) is 0. The number of halogens is 1. The first kappa shape index (κ1) is 26.0. The maximum Gasteiger partial charge on any atom is 0.322 e. The Morgan fingerprint density at radius 3 is 2.78 bits per heavy atom. The highest BCUT2D eigenvalue weighted by Crippen LogP contribution is 2.34. The van der Waals surface area contributed by atoms with E-state index >= 15 is 0 Å². The molecule has 1 atom stereocenters. The van der Waals surface area contributed by atoms with Gasteiger partial charge in [-0.25, -0.2) is 4.79 Å². The molecular formula is C28H32ClN3O3S. The highest BCUT2D eigenvalue weighted by atomic mass is 35.5. The maximum absolute atomic E-state index is 13.6. The second-order valence-corrected chi connectivity index (χ2v) is 10.5. The van der Waals surface area contributed by atoms with Crippen molar-refractivity contribution in [3.63, 3.8) is 0 Å². The number of urea groups is 1. The van der Waals surface area contributed by atoms with Crippen LogP contribution in [0.25, 0.3) is 0 Å². The Hall–Kier alpha value is -3.03. The van der Waals surface area contributed by atoms with Gasteiger partial charge in [-0.05, 0) is 73.5 Å². The molecule has 3 amide bonds. The number of anilines is 1. The van der Waals surface area contributed by atoms with Crippen LogP contribution in [0.15, 0.2) is 53.9 Å². The molecular weight excluding hydrogens is 494 g/mol. The number of aryl methyl sites for hydroxylation is 2. The highest BCUT2D eigenvalue weighted by molar-refractivity contribution is 7.10. The van der Waals surface area contributed by atoms with Crippen LogP contribution in [-0.2, 0) is 11.2 Å². The molecule has 8 heteroatoms. The quantitative estimate of drug-likeness (QED) is 0.367. The van der Waals surface area contributed by atoms with Crippen LogP contribution in [0.2, 0.25) is 5.02 Å². The van der Waals surface area contributed by atoms with Crippen molar-refractivity contribution in [2.24, 2.45) is 0 Å². The highest BCUT2D eigenvalue weighted by Gasteiger charge is 2.33. The van der Waals surface area contributed by atoms with Crippen molar-refractivity contribution in [3.8, 4) is 5.75 Å². The molecule has 1 aliphatic rings. The summed E-state index contributed by atoms with van der Waals surface area (Å²) in [5.41, 5.74) is 3.99. The van der Waals surface area contributed by atoms with E-state index in [1.54, 1.807) is 40.5 Å². The first-order valence-corrected chi connectivity index (χ1v) is 13.5. The van der Waals surface area contributed by atoms with Gasteiger partial charge in [-0.1, -0.05) is 42.3 Å². The Morgan fingerprint density at radius 1 is 1.19 bits per heavy atom. The summed E-state index contributed by atoms with van der Waals surface area (Å²) in [6.07, 6.45) is 1.55. The van der Waals surface area contributed by atoms with E-state index in [1.807, 2.05) is 30.9 Å². The SMILES string of the molecule is CCCN(CC(=O)N1CCc2sccc2C1COc1ccc(C)cc1C)C(=O)Nc1cccc(Cl)c1. The van der Waals surface area contributed by atoms with Crippen molar-refractivity contribution in [2.45, 2.75) is 39.7 Å². The summed E-state index contributed by atoms with van der Waals surface area (Å²) in [5.74, 6) is 0.736. The van der Waals surface area contributed by atoms with Gasteiger partial charge in [0.15, 0.2) is 0 Å². The van der Waals surface area contributed by atoms with Crippen molar-refractivity contribution in [1.82, 2.24) is 9.80 Å². The number of rotatable bonds is 8. The summed E-state index contributed by atoms with van der Waals surface area (Å²) in [4.78, 5) is 31.3. The number of nitrogens with zero attached hydrogens (tertiary/aromatic N) is 2. The predicted molar refractivity (Wildman–Crippen MR) is 146 cm³/mol. The molecule has 1 N–H and O–H groups in total. The molecule has 6 nitrogen and oxygen atoms in total. The summed E-state index contributed by atoms with van der Waals surface area (Å²) in [6, 6.07) is 14.7. The van der Waals surface area contributed by atoms with E-state index in [2.05, 4.69) is 29.8 Å². The monoisotopic (exact) mass is 525 g/mol. The Labute approximate surface area is 221 Å². The molecule has 0 radical (unpaired) electrons. The summed E-state index contributed by atoms with van der Waals surface area (Å²) in [6.45, 7) is 7.51. The first-order valence-electron chi connectivity index (χ1n) is 12.2. The van der Waals surface area contributed by atoms with Gasteiger partial charge in [0, 0.05) is 28.7 Å². The smallest absolute Gasteiger partial charge is 0.322 e. The van der Waals surface area contributed by atoms with Crippen molar-refractivity contribution in [1.29, 1.82) is 0 Å². The van der Waals surface area contributed by atoms with Crippen molar-refractivity contribution < 1.29 is 14.3 Å². The first-order chi connectivity index (χ1) is 17.4. The van der Waals surface area contributed by atoms with Gasteiger partial charge in [-0.15, -0.1) is 11.3 Å². The molecule has 0 bridgehead atoms. The van der Waals surface area contributed by atoms with Gasteiger partial charge < -0.3 is 19.9 Å². The van der Waals surface area contributed by atoms with Crippen molar-refractivity contribution >= 4 is 40.6 Å². The molecule has 0 spiro atoms. The number of benzene rings is 2. The van der Waals surface area contributed by atoms with Gasteiger partial charge >= 0.3 is 6.03 Å². The Bertz CT molecular complexity index is 1230. The van der Waals surface area contributed by atoms with Crippen LogP contribution >= 0.6 is 22.9 Å². The third-order valence-electron chi connectivity index (χ3n) is 6.33. The van der Waals surface area contributed by atoms with E-state index in [9.17, 15) is 9.59 Å². The minimum absolute atomic E-state index is 0.000229. The van der Waals surface area contributed by atoms with E-state index in [0.29, 0.717) is 30.4 Å². The lowest BCUT2D eigenvalue weighted by Crippen LogP contribution is -2.48. The molecule has 1 aliphatic heterocycles. The third kappa shape index (κ3) is 6.20. The van der Waals surface area contributed by atoms with E-state index in [1.165, 1.54) is 10.4 Å². The summed E-state index contributed by atoms with van der Waals surface area (Å²) < 4.78 is 6.23. The number of carbonyl (C=O) groups excluding carboxylic acids is 2. The van der Waals surface area contributed by atoms with Crippen molar-refractivity contribution in [3.05, 3.63) is 80.5 Å². The number of carbonyl (C=O) groups is 2. The normalized spacial score (nSPS) is 14.8. The number of hydrogen-bond acceptors (Lipinski definition) is 4. The largest absolute Gasteiger partial charge is 0.491 e. The van der Waals surface area contributed by atoms with Gasteiger partial charge in [-0.2, -0.15) is 0 Å². The molecule has 4 rings (SSSR count). The summed E-state index contributed by atoms with van der Waals surface area (Å²) >= 11 is 7.78. The Balaban J connectivity index is 1.49. The number of thiophene rings is 1. The Kier molecular flexibility index (Phi) is 8.54. The maximum atomic E-state index is 13.6. The molecule has 0 aliphatic carbocycles. The molecule has 0 fully saturated rings. The zero-order valence-electron chi connectivity index (χ0n) is 20.9. The molecule has 2 aromatic carbocycles. The molecule has 36 heavy (non-hydrogen) atoms. The van der Waals surface area contributed by atoms with Crippen LogP contribution < -0.4 is 10.1 Å². The van der Waals surface area contributed by atoms with Gasteiger partial charge in [0.2, 0.25) is 5.91 Å². The van der Waals surface area contributed by atoms with Crippen LogP contribution in [-0.4, -0.2) is 48.0 Å². The van der Waals surface area contributed by atoms with Crippen LogP contribution in [0.4, 0.5) is 10.5 Å². The fourth-order valence-electron chi connectivity index (χ4n) is 4.55. The topological polar surface area (TPSA) is 61.9 Å². The van der Waals surface area contributed by atoms with E-state index < -0.39 is 0 Å². The third-order valence-corrected chi connectivity index (χ3v) is 7.56. The number of fused-ring (bicyclic) bond motifs is 1. The molecule has 1 aromatic heterocycles. The van der Waals surface area contributed by atoms with E-state index in [0.717, 1.165) is 29.7 Å². The average molecular weight is 526 g/mol. The number of nitrogens with one attached hydrogen (secondary N) is 1. The minimum atomic E-state index is -0.316. The van der Waals surface area contributed by atoms with Gasteiger partial charge in [0.25, 0.3) is 0 Å². The second-order valence-electron chi connectivity index (χ2n) is 9.09. The fourth-order valence-corrected chi connectivity index (χ4v) is 5.67. The van der Waals surface area contributed by atoms with Gasteiger partial charge in [0.05, 0.1) is 6.04 Å². The van der Waals surface area contributed by atoms with Crippen LogP contribution in [0.1, 0.15) is 41.0 Å². The lowest BCUT2D eigenvalue weighted by molar-refractivity contribution is -0.135. The number of hydrogen-bond donors (Lipinski definition) is 1. The molecule has 1 unspecified atom stereocenters. The zero-order chi connectivity index (χ0) is 25.7. The Morgan fingerprint density at radius 2 is 2.03 bits per heavy atom. The van der Waals surface area contributed by atoms with E-state index in [4.69, 9.17) is 16.3 Å². The van der Waals surface area contributed by atoms with Crippen molar-refractivity contribution in [2.75, 3.05) is 31.6 Å². The summed E-state index contributed by atoms with van der Waals surface area (Å²) in [5, 5.41) is 5.48. The molecule has 0 saturated heterocycles. The van der Waals surface area contributed by atoms with Gasteiger partial charge in [0.1, 0.15) is 18.9 Å². The van der Waals surface area contributed by atoms with Crippen LogP contribution in [0.3, 0.4) is 0 Å². The molecule has 3 aromatic rings. The second kappa shape index (κ2) is 11.8.